The Morgan fingerprint density at radius 3 is 2.48 bits per heavy atom. The summed E-state index contributed by atoms with van der Waals surface area (Å²) in [6, 6.07) is 0. The zero-order chi connectivity index (χ0) is 16.2. The summed E-state index contributed by atoms with van der Waals surface area (Å²) in [5.41, 5.74) is 0. The lowest BCUT2D eigenvalue weighted by atomic mass is 9.95. The lowest BCUT2D eigenvalue weighted by Gasteiger charge is -2.35. The molecular weight excluding hydrogens is 341 g/mol. The smallest absolute Gasteiger partial charge is 0.225 e. The lowest BCUT2D eigenvalue weighted by Crippen LogP contribution is -2.46. The van der Waals surface area contributed by atoms with Crippen LogP contribution in [0.4, 0.5) is 5.95 Å². The van der Waals surface area contributed by atoms with Gasteiger partial charge in [0, 0.05) is 19.0 Å². The molecule has 1 saturated heterocycles. The lowest BCUT2D eigenvalue weighted by molar-refractivity contribution is 0.0611. The number of β-amino-alcohol motifs (C(OH)–C–C–N with tert-alkyl or cyclic N) is 1. The average molecular weight is 356 g/mol. The number of piperidine rings is 1. The molecule has 0 unspecified atom stereocenters. The quantitative estimate of drug-likeness (QED) is 0.837. The second-order valence-electron chi connectivity index (χ2n) is 5.26. The highest BCUT2D eigenvalue weighted by atomic mass is 35.5. The van der Waals surface area contributed by atoms with Crippen molar-refractivity contribution in [2.75, 3.05) is 24.6 Å². The van der Waals surface area contributed by atoms with E-state index in [0.717, 1.165) is 13.0 Å². The van der Waals surface area contributed by atoms with Crippen LogP contribution in [0.2, 0.25) is 10.3 Å². The first kappa shape index (κ1) is 16.2. The van der Waals surface area contributed by atoms with E-state index in [2.05, 4.69) is 19.9 Å². The molecule has 1 fully saturated rings. The second-order valence-corrected chi connectivity index (χ2v) is 6.04. The molecule has 2 aromatic rings. The average Bonchev–Trinajstić information content (AvgIpc) is 2.56. The van der Waals surface area contributed by atoms with E-state index in [0.29, 0.717) is 29.9 Å². The molecule has 2 atom stereocenters. The molecule has 0 amide bonds. The van der Waals surface area contributed by atoms with Crippen molar-refractivity contribution in [3.05, 3.63) is 35.1 Å². The molecule has 23 heavy (non-hydrogen) atoms. The van der Waals surface area contributed by atoms with Crippen LogP contribution in [0, 0.1) is 5.92 Å². The van der Waals surface area contributed by atoms with Crippen LogP contribution < -0.4 is 9.64 Å². The van der Waals surface area contributed by atoms with Gasteiger partial charge in [0.15, 0.2) is 5.75 Å². The predicted molar refractivity (Wildman–Crippen MR) is 85.9 cm³/mol. The fraction of sp³-hybridized carbons (Fsp3) is 0.429. The van der Waals surface area contributed by atoms with E-state index in [-0.39, 0.29) is 11.2 Å². The van der Waals surface area contributed by atoms with Crippen LogP contribution in [0.25, 0.3) is 0 Å². The van der Waals surface area contributed by atoms with E-state index in [1.54, 1.807) is 12.4 Å². The Bertz CT molecular complexity index is 641. The Labute approximate surface area is 143 Å². The van der Waals surface area contributed by atoms with Crippen molar-refractivity contribution in [1.29, 1.82) is 0 Å². The van der Waals surface area contributed by atoms with Crippen molar-refractivity contribution in [1.82, 2.24) is 19.9 Å². The fourth-order valence-electron chi connectivity index (χ4n) is 2.40. The number of hydrogen-bond donors (Lipinski definition) is 1. The van der Waals surface area contributed by atoms with Crippen molar-refractivity contribution in [3.63, 3.8) is 0 Å². The normalized spacial score (nSPS) is 21.3. The topological polar surface area (TPSA) is 84.3 Å². The zero-order valence-corrected chi connectivity index (χ0v) is 13.7. The van der Waals surface area contributed by atoms with Gasteiger partial charge in [0.1, 0.15) is 0 Å². The summed E-state index contributed by atoms with van der Waals surface area (Å²) in [6.45, 7) is 1.58. The molecule has 0 radical (unpaired) electrons. The summed E-state index contributed by atoms with van der Waals surface area (Å²) < 4.78 is 5.62. The highest BCUT2D eigenvalue weighted by molar-refractivity contribution is 6.30. The fourth-order valence-corrected chi connectivity index (χ4v) is 2.60. The van der Waals surface area contributed by atoms with Crippen LogP contribution in [-0.2, 0) is 0 Å². The third kappa shape index (κ3) is 4.19. The highest BCUT2D eigenvalue weighted by Gasteiger charge is 2.29. The minimum Gasteiger partial charge on any atom is -0.490 e. The van der Waals surface area contributed by atoms with Crippen molar-refractivity contribution >= 4 is 29.2 Å². The molecule has 3 heterocycles. The number of ether oxygens (including phenoxy) is 1. The van der Waals surface area contributed by atoms with Crippen molar-refractivity contribution in [2.45, 2.75) is 12.5 Å². The Hall–Kier alpha value is -1.70. The standard InChI is InChI=1S/C14H15Cl2N5O2/c15-10-3-19-14(20-4-10)21-2-1-9(12(22)7-21)8-23-11-5-17-13(16)18-6-11/h3-6,9,12,22H,1-2,7-8H2/t9-,12+/m1/s1. The first-order valence-corrected chi connectivity index (χ1v) is 7.88. The van der Waals surface area contributed by atoms with E-state index in [9.17, 15) is 5.11 Å². The molecule has 9 heteroatoms. The molecule has 0 saturated carbocycles. The van der Waals surface area contributed by atoms with Gasteiger partial charge < -0.3 is 14.7 Å². The maximum Gasteiger partial charge on any atom is 0.225 e. The van der Waals surface area contributed by atoms with Crippen LogP contribution in [0.15, 0.2) is 24.8 Å². The SMILES string of the molecule is O[C@H]1CN(c2ncc(Cl)cn2)CC[C@@H]1COc1cnc(Cl)nc1. The predicted octanol–water partition coefficient (Wildman–Crippen LogP) is 1.84. The molecule has 2 aromatic heterocycles. The van der Waals surface area contributed by atoms with Gasteiger partial charge in [-0.1, -0.05) is 11.6 Å². The molecule has 0 spiro atoms. The van der Waals surface area contributed by atoms with E-state index in [4.69, 9.17) is 27.9 Å². The summed E-state index contributed by atoms with van der Waals surface area (Å²) in [5.74, 6) is 1.12. The summed E-state index contributed by atoms with van der Waals surface area (Å²) in [6.07, 6.45) is 6.35. The van der Waals surface area contributed by atoms with Gasteiger partial charge >= 0.3 is 0 Å². The second kappa shape index (κ2) is 7.25. The van der Waals surface area contributed by atoms with Gasteiger partial charge in [-0.25, -0.2) is 19.9 Å². The Balaban J connectivity index is 1.54. The number of hydrogen-bond acceptors (Lipinski definition) is 7. The van der Waals surface area contributed by atoms with Crippen molar-refractivity contribution in [2.24, 2.45) is 5.92 Å². The monoisotopic (exact) mass is 355 g/mol. The molecule has 0 aromatic carbocycles. The van der Waals surface area contributed by atoms with Crippen LogP contribution in [-0.4, -0.2) is 50.8 Å². The van der Waals surface area contributed by atoms with E-state index >= 15 is 0 Å². The Morgan fingerprint density at radius 2 is 1.83 bits per heavy atom. The van der Waals surface area contributed by atoms with Gasteiger partial charge in [-0.2, -0.15) is 0 Å². The van der Waals surface area contributed by atoms with E-state index < -0.39 is 6.10 Å². The van der Waals surface area contributed by atoms with Crippen molar-refractivity contribution < 1.29 is 9.84 Å². The van der Waals surface area contributed by atoms with Gasteiger partial charge in [-0.05, 0) is 18.0 Å². The highest BCUT2D eigenvalue weighted by Crippen LogP contribution is 2.22. The van der Waals surface area contributed by atoms with Crippen LogP contribution >= 0.6 is 23.2 Å². The largest absolute Gasteiger partial charge is 0.490 e. The van der Waals surface area contributed by atoms with Crippen molar-refractivity contribution in [3.8, 4) is 5.75 Å². The molecule has 0 bridgehead atoms. The summed E-state index contributed by atoms with van der Waals surface area (Å²) in [5, 5.41) is 11.0. The van der Waals surface area contributed by atoms with Gasteiger partial charge in [0.05, 0.1) is 42.5 Å². The Morgan fingerprint density at radius 1 is 1.13 bits per heavy atom. The number of aromatic nitrogens is 4. The number of aliphatic hydroxyl groups is 1. The molecule has 3 rings (SSSR count). The van der Waals surface area contributed by atoms with E-state index in [1.807, 2.05) is 4.90 Å². The van der Waals surface area contributed by atoms with Gasteiger partial charge in [0.25, 0.3) is 0 Å². The maximum absolute atomic E-state index is 10.3. The van der Waals surface area contributed by atoms with Gasteiger partial charge in [0.2, 0.25) is 11.2 Å². The number of halogens is 2. The van der Waals surface area contributed by atoms with Crippen LogP contribution in [0.5, 0.6) is 5.75 Å². The zero-order valence-electron chi connectivity index (χ0n) is 12.1. The minimum absolute atomic E-state index is 0.0224. The van der Waals surface area contributed by atoms with Crippen LogP contribution in [0.3, 0.4) is 0 Å². The summed E-state index contributed by atoms with van der Waals surface area (Å²) >= 11 is 11.4. The first-order chi connectivity index (χ1) is 11.1. The molecular formula is C14H15Cl2N5O2. The molecule has 122 valence electrons. The van der Waals surface area contributed by atoms with Gasteiger partial charge in [-0.3, -0.25) is 0 Å². The minimum atomic E-state index is -0.531. The maximum atomic E-state index is 10.3. The molecule has 1 aliphatic heterocycles. The van der Waals surface area contributed by atoms with Gasteiger partial charge in [-0.15, -0.1) is 0 Å². The number of rotatable bonds is 4. The van der Waals surface area contributed by atoms with Crippen LogP contribution in [0.1, 0.15) is 6.42 Å². The Kier molecular flexibility index (Phi) is 5.09. The molecule has 0 aliphatic carbocycles. The first-order valence-electron chi connectivity index (χ1n) is 7.13. The molecule has 1 aliphatic rings. The number of anilines is 1. The summed E-state index contributed by atoms with van der Waals surface area (Å²) in [7, 11) is 0. The third-order valence-corrected chi connectivity index (χ3v) is 4.06. The number of nitrogens with zero attached hydrogens (tertiary/aromatic N) is 5. The summed E-state index contributed by atoms with van der Waals surface area (Å²) in [4.78, 5) is 18.0. The molecule has 1 N–H and O–H groups in total. The number of aliphatic hydroxyl groups excluding tert-OH is 1. The third-order valence-electron chi connectivity index (χ3n) is 3.67. The van der Waals surface area contributed by atoms with E-state index in [1.165, 1.54) is 12.4 Å². The molecule has 7 nitrogen and oxygen atoms in total.